The van der Waals surface area contributed by atoms with Crippen molar-refractivity contribution in [1.29, 1.82) is 0 Å². The van der Waals surface area contributed by atoms with Gasteiger partial charge in [-0.15, -0.1) is 0 Å². The maximum Gasteiger partial charge on any atom is 0.322 e. The lowest BCUT2D eigenvalue weighted by Gasteiger charge is -2.17. The highest BCUT2D eigenvalue weighted by Gasteiger charge is 2.33. The zero-order valence-electron chi connectivity index (χ0n) is 9.15. The Bertz CT molecular complexity index is 506. The fourth-order valence-electron chi connectivity index (χ4n) is 1.05. The van der Waals surface area contributed by atoms with Crippen LogP contribution >= 0.6 is 73.9 Å². The van der Waals surface area contributed by atoms with E-state index < -0.39 is 9.76 Å². The molecule has 0 bridgehead atoms. The van der Waals surface area contributed by atoms with Crippen molar-refractivity contribution < 1.29 is 14.3 Å². The molecule has 0 aliphatic heterocycles. The zero-order valence-corrected chi connectivity index (χ0v) is 14.5. The minimum Gasteiger partial charge on any atom is -0.480 e. The maximum absolute atomic E-state index is 11.3. The molecule has 0 spiro atoms. The van der Waals surface area contributed by atoms with E-state index in [9.17, 15) is 4.79 Å². The number of methoxy groups -OCH3 is 1. The summed E-state index contributed by atoms with van der Waals surface area (Å²) >= 11 is 32.0. The Morgan fingerprint density at radius 3 is 2.32 bits per heavy atom. The average Bonchev–Trinajstić information content (AvgIpc) is 2.32. The first-order chi connectivity index (χ1) is 8.72. The number of halogens is 6. The molecule has 0 aromatic carbocycles. The Hall–Kier alpha value is 0.350. The quantitative estimate of drug-likeness (QED) is 0.521. The molecule has 0 amide bonds. The van der Waals surface area contributed by atoms with E-state index in [0.717, 1.165) is 0 Å². The topological polar surface area (TPSA) is 48.4 Å². The largest absolute Gasteiger partial charge is 0.480 e. The first kappa shape index (κ1) is 17.4. The minimum atomic E-state index is -1.93. The highest BCUT2D eigenvalue weighted by molar-refractivity contribution is 9.09. The standard InChI is InChI=1S/C9H5BrCl5NO3/c1-18-8-5(12)6(19-3(17)2-10)4(11)7(16-8)9(13,14)15/h2H2,1H3. The van der Waals surface area contributed by atoms with Crippen LogP contribution in [-0.4, -0.2) is 23.4 Å². The van der Waals surface area contributed by atoms with Crippen LogP contribution in [0.25, 0.3) is 0 Å². The molecule has 0 aliphatic carbocycles. The van der Waals surface area contributed by atoms with Crippen molar-refractivity contribution in [3.8, 4) is 11.6 Å². The molecule has 1 heterocycles. The fraction of sp³-hybridized carbons (Fsp3) is 0.333. The minimum absolute atomic E-state index is 0.0621. The zero-order chi connectivity index (χ0) is 14.8. The van der Waals surface area contributed by atoms with E-state index in [1.165, 1.54) is 7.11 Å². The number of esters is 1. The summed E-state index contributed by atoms with van der Waals surface area (Å²) in [5.41, 5.74) is -0.155. The Morgan fingerprint density at radius 2 is 1.89 bits per heavy atom. The lowest BCUT2D eigenvalue weighted by atomic mass is 10.3. The number of aromatic nitrogens is 1. The predicted molar refractivity (Wildman–Crippen MR) is 79.5 cm³/mol. The van der Waals surface area contributed by atoms with Crippen molar-refractivity contribution >= 4 is 79.9 Å². The molecule has 19 heavy (non-hydrogen) atoms. The number of ether oxygens (including phenoxy) is 2. The molecule has 0 aliphatic rings. The van der Waals surface area contributed by atoms with Gasteiger partial charge in [-0.2, -0.15) is 0 Å². The van der Waals surface area contributed by atoms with Gasteiger partial charge in [-0.25, -0.2) is 4.98 Å². The Balaban J connectivity index is 3.47. The molecule has 0 saturated heterocycles. The number of hydrogen-bond donors (Lipinski definition) is 0. The summed E-state index contributed by atoms with van der Waals surface area (Å²) < 4.78 is 7.94. The normalized spacial score (nSPS) is 11.3. The smallest absolute Gasteiger partial charge is 0.322 e. The van der Waals surface area contributed by atoms with Crippen LogP contribution < -0.4 is 9.47 Å². The first-order valence-corrected chi connectivity index (χ1v) is 7.50. The third-order valence-corrected chi connectivity index (χ3v) is 3.47. The summed E-state index contributed by atoms with van der Waals surface area (Å²) in [6.45, 7) is 0. The van der Waals surface area contributed by atoms with Gasteiger partial charge in [-0.1, -0.05) is 73.9 Å². The van der Waals surface area contributed by atoms with E-state index in [1.807, 2.05) is 0 Å². The second-order valence-electron chi connectivity index (χ2n) is 3.03. The highest BCUT2D eigenvalue weighted by Crippen LogP contribution is 2.48. The maximum atomic E-state index is 11.3. The van der Waals surface area contributed by atoms with Crippen molar-refractivity contribution in [2.24, 2.45) is 0 Å². The van der Waals surface area contributed by atoms with E-state index in [-0.39, 0.29) is 32.7 Å². The average molecular weight is 432 g/mol. The first-order valence-electron chi connectivity index (χ1n) is 4.49. The molecule has 1 aromatic rings. The number of pyridine rings is 1. The summed E-state index contributed by atoms with van der Waals surface area (Å²) in [5, 5.41) is -0.340. The summed E-state index contributed by atoms with van der Waals surface area (Å²) in [4.78, 5) is 15.2. The SMILES string of the molecule is COc1nc(C(Cl)(Cl)Cl)c(Cl)c(OC(=O)CBr)c1Cl. The van der Waals surface area contributed by atoms with Crippen LogP contribution in [0.15, 0.2) is 0 Å². The van der Waals surface area contributed by atoms with Crippen LogP contribution in [-0.2, 0) is 8.59 Å². The number of rotatable bonds is 3. The molecule has 1 rings (SSSR count). The third kappa shape index (κ3) is 4.16. The van der Waals surface area contributed by atoms with Gasteiger partial charge < -0.3 is 9.47 Å². The lowest BCUT2D eigenvalue weighted by molar-refractivity contribution is -0.131. The van der Waals surface area contributed by atoms with Gasteiger partial charge in [0.2, 0.25) is 9.67 Å². The van der Waals surface area contributed by atoms with Crippen LogP contribution in [0.5, 0.6) is 11.6 Å². The van der Waals surface area contributed by atoms with Gasteiger partial charge in [0.25, 0.3) is 0 Å². The van der Waals surface area contributed by atoms with E-state index in [4.69, 9.17) is 67.5 Å². The summed E-state index contributed by atoms with van der Waals surface area (Å²) in [7, 11) is 1.31. The molecule has 0 saturated carbocycles. The molecule has 0 radical (unpaired) electrons. The number of hydrogen-bond acceptors (Lipinski definition) is 4. The van der Waals surface area contributed by atoms with Crippen LogP contribution in [0, 0.1) is 0 Å². The van der Waals surface area contributed by atoms with Crippen molar-refractivity contribution in [3.63, 3.8) is 0 Å². The summed E-state index contributed by atoms with van der Waals surface area (Å²) in [6, 6.07) is 0. The van der Waals surface area contributed by atoms with Gasteiger partial charge in [0.05, 0.1) is 7.11 Å². The molecule has 4 nitrogen and oxygen atoms in total. The van der Waals surface area contributed by atoms with E-state index in [1.54, 1.807) is 0 Å². The lowest BCUT2D eigenvalue weighted by Crippen LogP contribution is -2.13. The predicted octanol–water partition coefficient (Wildman–Crippen LogP) is 4.52. The van der Waals surface area contributed by atoms with Gasteiger partial charge in [0.1, 0.15) is 21.1 Å². The van der Waals surface area contributed by atoms with E-state index >= 15 is 0 Å². The molecular weight excluding hydrogens is 427 g/mol. The molecule has 10 heteroatoms. The highest BCUT2D eigenvalue weighted by atomic mass is 79.9. The second-order valence-corrected chi connectivity index (χ2v) is 6.63. The van der Waals surface area contributed by atoms with Crippen LogP contribution in [0.2, 0.25) is 10.0 Å². The van der Waals surface area contributed by atoms with Crippen molar-refractivity contribution in [2.45, 2.75) is 3.79 Å². The van der Waals surface area contributed by atoms with Gasteiger partial charge in [-0.05, 0) is 0 Å². The molecule has 0 N–H and O–H groups in total. The van der Waals surface area contributed by atoms with Crippen LogP contribution in [0.4, 0.5) is 0 Å². The molecular formula is C9H5BrCl5NO3. The molecule has 0 fully saturated rings. The van der Waals surface area contributed by atoms with E-state index in [0.29, 0.717) is 0 Å². The molecule has 106 valence electrons. The Labute approximate surface area is 142 Å². The number of carbonyl (C=O) groups excluding carboxylic acids is 1. The van der Waals surface area contributed by atoms with Crippen molar-refractivity contribution in [2.75, 3.05) is 12.4 Å². The van der Waals surface area contributed by atoms with Crippen LogP contribution in [0.3, 0.4) is 0 Å². The molecule has 0 unspecified atom stereocenters. The molecule has 0 atom stereocenters. The van der Waals surface area contributed by atoms with Gasteiger partial charge in [-0.3, -0.25) is 4.79 Å². The summed E-state index contributed by atoms with van der Waals surface area (Å²) in [5.74, 6) is -0.891. The summed E-state index contributed by atoms with van der Waals surface area (Å²) in [6.07, 6.45) is 0. The monoisotopic (exact) mass is 429 g/mol. The molecule has 1 aromatic heterocycles. The van der Waals surface area contributed by atoms with Crippen molar-refractivity contribution in [3.05, 3.63) is 15.7 Å². The third-order valence-electron chi connectivity index (χ3n) is 1.79. The van der Waals surface area contributed by atoms with Gasteiger partial charge in [0.15, 0.2) is 5.75 Å². The number of nitrogens with zero attached hydrogens (tertiary/aromatic N) is 1. The van der Waals surface area contributed by atoms with Gasteiger partial charge in [0, 0.05) is 0 Å². The van der Waals surface area contributed by atoms with E-state index in [2.05, 4.69) is 20.9 Å². The number of alkyl halides is 4. The Morgan fingerprint density at radius 1 is 1.32 bits per heavy atom. The fourth-order valence-corrected chi connectivity index (χ4v) is 2.34. The second kappa shape index (κ2) is 6.87. The van der Waals surface area contributed by atoms with Gasteiger partial charge >= 0.3 is 5.97 Å². The van der Waals surface area contributed by atoms with Crippen LogP contribution in [0.1, 0.15) is 5.69 Å². The number of carbonyl (C=O) groups is 1. The van der Waals surface area contributed by atoms with Crippen molar-refractivity contribution in [1.82, 2.24) is 4.98 Å². The Kier molecular flexibility index (Phi) is 6.29.